The molecule has 1 fully saturated rings. The molecule has 0 aliphatic carbocycles. The zero-order valence-electron chi connectivity index (χ0n) is 11.3. The van der Waals surface area contributed by atoms with Crippen molar-refractivity contribution in [2.24, 2.45) is 0 Å². The van der Waals surface area contributed by atoms with Gasteiger partial charge < -0.3 is 15.0 Å². The Morgan fingerprint density at radius 3 is 2.89 bits per heavy atom. The number of benzene rings is 1. The first kappa shape index (κ1) is 12.6. The molecule has 4 nitrogen and oxygen atoms in total. The van der Waals surface area contributed by atoms with E-state index in [9.17, 15) is 4.79 Å². The maximum Gasteiger partial charge on any atom is 0.256 e. The number of hydrogen-bond acceptors (Lipinski definition) is 3. The maximum atomic E-state index is 12.6. The fraction of sp³-hybridized carbons (Fsp3) is 0.533. The van der Waals surface area contributed by atoms with Crippen molar-refractivity contribution in [2.75, 3.05) is 26.2 Å². The van der Waals surface area contributed by atoms with Crippen molar-refractivity contribution < 1.29 is 9.53 Å². The SMILES string of the molecule is C[C@@]1(C(=O)N2CCc3ccccc3C2)CNCCO1. The molecule has 2 aliphatic rings. The maximum absolute atomic E-state index is 12.6. The smallest absolute Gasteiger partial charge is 0.256 e. The Morgan fingerprint density at radius 2 is 2.16 bits per heavy atom. The van der Waals surface area contributed by atoms with Crippen LogP contribution in [-0.4, -0.2) is 42.6 Å². The fourth-order valence-electron chi connectivity index (χ4n) is 2.87. The van der Waals surface area contributed by atoms with Gasteiger partial charge >= 0.3 is 0 Å². The topological polar surface area (TPSA) is 41.6 Å². The van der Waals surface area contributed by atoms with E-state index in [0.717, 1.165) is 19.5 Å². The molecule has 0 radical (unpaired) electrons. The molecule has 0 aromatic heterocycles. The van der Waals surface area contributed by atoms with Crippen LogP contribution in [0.4, 0.5) is 0 Å². The average molecular weight is 260 g/mol. The molecule has 0 saturated carbocycles. The van der Waals surface area contributed by atoms with Gasteiger partial charge in [-0.3, -0.25) is 4.79 Å². The zero-order valence-corrected chi connectivity index (χ0v) is 11.3. The summed E-state index contributed by atoms with van der Waals surface area (Å²) in [7, 11) is 0. The van der Waals surface area contributed by atoms with E-state index < -0.39 is 5.60 Å². The van der Waals surface area contributed by atoms with Crippen molar-refractivity contribution in [3.63, 3.8) is 0 Å². The third-order valence-electron chi connectivity index (χ3n) is 4.03. The number of fused-ring (bicyclic) bond motifs is 1. The minimum absolute atomic E-state index is 0.106. The molecular weight excluding hydrogens is 240 g/mol. The van der Waals surface area contributed by atoms with E-state index in [2.05, 4.69) is 23.5 Å². The van der Waals surface area contributed by atoms with Crippen molar-refractivity contribution in [3.8, 4) is 0 Å². The summed E-state index contributed by atoms with van der Waals surface area (Å²) in [4.78, 5) is 14.6. The molecule has 2 aliphatic heterocycles. The van der Waals surface area contributed by atoms with Crippen LogP contribution in [0.2, 0.25) is 0 Å². The number of amides is 1. The zero-order chi connectivity index (χ0) is 13.3. The molecule has 0 bridgehead atoms. The minimum Gasteiger partial charge on any atom is -0.363 e. The van der Waals surface area contributed by atoms with Crippen molar-refractivity contribution in [2.45, 2.75) is 25.5 Å². The highest BCUT2D eigenvalue weighted by Gasteiger charge is 2.39. The van der Waals surface area contributed by atoms with Crippen LogP contribution in [0.25, 0.3) is 0 Å². The van der Waals surface area contributed by atoms with Gasteiger partial charge in [-0.1, -0.05) is 24.3 Å². The fourth-order valence-corrected chi connectivity index (χ4v) is 2.87. The van der Waals surface area contributed by atoms with E-state index in [-0.39, 0.29) is 5.91 Å². The number of nitrogens with one attached hydrogen (secondary N) is 1. The van der Waals surface area contributed by atoms with Crippen LogP contribution < -0.4 is 5.32 Å². The minimum atomic E-state index is -0.704. The number of morpholine rings is 1. The third-order valence-corrected chi connectivity index (χ3v) is 4.03. The molecule has 1 saturated heterocycles. The number of rotatable bonds is 1. The molecule has 19 heavy (non-hydrogen) atoms. The van der Waals surface area contributed by atoms with E-state index in [0.29, 0.717) is 19.7 Å². The molecule has 0 unspecified atom stereocenters. The molecule has 1 atom stereocenters. The van der Waals surface area contributed by atoms with Crippen LogP contribution in [0, 0.1) is 0 Å². The lowest BCUT2D eigenvalue weighted by Crippen LogP contribution is -2.58. The summed E-state index contributed by atoms with van der Waals surface area (Å²) >= 11 is 0. The van der Waals surface area contributed by atoms with Gasteiger partial charge in [-0.15, -0.1) is 0 Å². The quantitative estimate of drug-likeness (QED) is 0.817. The molecule has 1 amide bonds. The average Bonchev–Trinajstić information content (AvgIpc) is 2.47. The molecule has 4 heteroatoms. The van der Waals surface area contributed by atoms with Gasteiger partial charge in [0, 0.05) is 26.2 Å². The normalized spacial score (nSPS) is 26.9. The van der Waals surface area contributed by atoms with Gasteiger partial charge in [-0.2, -0.15) is 0 Å². The number of ether oxygens (including phenoxy) is 1. The summed E-state index contributed by atoms with van der Waals surface area (Å²) in [5.74, 6) is 0.106. The molecular formula is C15H20N2O2. The molecule has 102 valence electrons. The van der Waals surface area contributed by atoms with Crippen LogP contribution in [0.3, 0.4) is 0 Å². The molecule has 2 heterocycles. The van der Waals surface area contributed by atoms with Crippen molar-refractivity contribution in [1.29, 1.82) is 0 Å². The lowest BCUT2D eigenvalue weighted by atomic mass is 9.97. The van der Waals surface area contributed by atoms with E-state index in [1.54, 1.807) is 0 Å². The highest BCUT2D eigenvalue weighted by Crippen LogP contribution is 2.23. The second-order valence-electron chi connectivity index (χ2n) is 5.50. The van der Waals surface area contributed by atoms with Gasteiger partial charge in [0.05, 0.1) is 6.61 Å². The first-order valence-electron chi connectivity index (χ1n) is 6.90. The number of nitrogens with zero attached hydrogens (tertiary/aromatic N) is 1. The highest BCUT2D eigenvalue weighted by molar-refractivity contribution is 5.85. The van der Waals surface area contributed by atoms with Crippen molar-refractivity contribution in [3.05, 3.63) is 35.4 Å². The van der Waals surface area contributed by atoms with Crippen LogP contribution in [0.1, 0.15) is 18.1 Å². The first-order chi connectivity index (χ1) is 9.19. The van der Waals surface area contributed by atoms with Gasteiger partial charge in [0.2, 0.25) is 0 Å². The monoisotopic (exact) mass is 260 g/mol. The Morgan fingerprint density at radius 1 is 1.37 bits per heavy atom. The van der Waals surface area contributed by atoms with Gasteiger partial charge in [-0.25, -0.2) is 0 Å². The summed E-state index contributed by atoms with van der Waals surface area (Å²) in [5, 5.41) is 3.24. The Hall–Kier alpha value is -1.39. The van der Waals surface area contributed by atoms with Crippen LogP contribution in [-0.2, 0) is 22.5 Å². The summed E-state index contributed by atoms with van der Waals surface area (Å²) in [6.07, 6.45) is 0.936. The van der Waals surface area contributed by atoms with Crippen LogP contribution >= 0.6 is 0 Å². The molecule has 0 spiro atoms. The molecule has 1 N–H and O–H groups in total. The lowest BCUT2D eigenvalue weighted by Gasteiger charge is -2.39. The largest absolute Gasteiger partial charge is 0.363 e. The Bertz CT molecular complexity index is 481. The third kappa shape index (κ3) is 2.38. The molecule has 1 aromatic rings. The summed E-state index contributed by atoms with van der Waals surface area (Å²) < 4.78 is 5.71. The predicted molar refractivity (Wildman–Crippen MR) is 72.8 cm³/mol. The predicted octanol–water partition coefficient (Wildman–Crippen LogP) is 0.950. The Labute approximate surface area is 113 Å². The Kier molecular flexibility index (Phi) is 3.29. The number of hydrogen-bond donors (Lipinski definition) is 1. The lowest BCUT2D eigenvalue weighted by molar-refractivity contribution is -0.160. The van der Waals surface area contributed by atoms with Crippen LogP contribution in [0.15, 0.2) is 24.3 Å². The van der Waals surface area contributed by atoms with Gasteiger partial charge in [0.15, 0.2) is 5.60 Å². The van der Waals surface area contributed by atoms with E-state index >= 15 is 0 Å². The first-order valence-corrected chi connectivity index (χ1v) is 6.90. The van der Waals surface area contributed by atoms with E-state index in [1.165, 1.54) is 11.1 Å². The van der Waals surface area contributed by atoms with Crippen molar-refractivity contribution in [1.82, 2.24) is 10.2 Å². The molecule has 1 aromatic carbocycles. The standard InChI is InChI=1S/C15H20N2O2/c1-15(11-16-7-9-19-15)14(18)17-8-6-12-4-2-3-5-13(12)10-17/h2-5,16H,6-11H2,1H3/t15-/m0/s1. The van der Waals surface area contributed by atoms with Crippen molar-refractivity contribution >= 4 is 5.91 Å². The highest BCUT2D eigenvalue weighted by atomic mass is 16.5. The van der Waals surface area contributed by atoms with Gasteiger partial charge in [0.1, 0.15) is 0 Å². The van der Waals surface area contributed by atoms with E-state index in [1.807, 2.05) is 17.9 Å². The number of carbonyl (C=O) groups excluding carboxylic acids is 1. The summed E-state index contributed by atoms with van der Waals surface area (Å²) in [6.45, 7) is 5.41. The number of carbonyl (C=O) groups is 1. The van der Waals surface area contributed by atoms with Gasteiger partial charge in [0.25, 0.3) is 5.91 Å². The molecule has 3 rings (SSSR count). The van der Waals surface area contributed by atoms with E-state index in [4.69, 9.17) is 4.74 Å². The van der Waals surface area contributed by atoms with Crippen LogP contribution in [0.5, 0.6) is 0 Å². The Balaban J connectivity index is 1.75. The summed E-state index contributed by atoms with van der Waals surface area (Å²) in [6, 6.07) is 8.35. The second kappa shape index (κ2) is 4.94. The van der Waals surface area contributed by atoms with Gasteiger partial charge in [-0.05, 0) is 24.5 Å². The summed E-state index contributed by atoms with van der Waals surface area (Å²) in [5.41, 5.74) is 1.92. The second-order valence-corrected chi connectivity index (χ2v) is 5.50.